The van der Waals surface area contributed by atoms with E-state index in [0.29, 0.717) is 25.2 Å². The molecule has 0 radical (unpaired) electrons. The first-order valence-electron chi connectivity index (χ1n) is 8.55. The zero-order valence-electron chi connectivity index (χ0n) is 14.1. The van der Waals surface area contributed by atoms with Crippen molar-refractivity contribution < 1.29 is 14.0 Å². The van der Waals surface area contributed by atoms with Crippen molar-refractivity contribution in [2.45, 2.75) is 39.2 Å². The number of carbonyl (C=O) groups is 2. The number of para-hydroxylation sites is 1. The average molecular weight is 344 g/mol. The Balaban J connectivity index is 1.90. The van der Waals surface area contributed by atoms with Gasteiger partial charge < -0.3 is 15.2 Å². The summed E-state index contributed by atoms with van der Waals surface area (Å²) in [6.07, 6.45) is 3.39. The Morgan fingerprint density at radius 2 is 2.04 bits per heavy atom. The van der Waals surface area contributed by atoms with Crippen LogP contribution >= 0.6 is 0 Å². The molecule has 0 spiro atoms. The van der Waals surface area contributed by atoms with Crippen molar-refractivity contribution in [2.75, 3.05) is 11.9 Å². The van der Waals surface area contributed by atoms with Gasteiger partial charge in [0.25, 0.3) is 11.8 Å². The van der Waals surface area contributed by atoms with E-state index in [2.05, 4.69) is 15.6 Å². The molecule has 0 atom stereocenters. The highest BCUT2D eigenvalue weighted by Gasteiger charge is 2.27. The number of imidazole rings is 1. The number of nitrogens with zero attached hydrogens (tertiary/aromatic N) is 2. The van der Waals surface area contributed by atoms with Gasteiger partial charge in [-0.2, -0.15) is 0 Å². The molecule has 2 amide bonds. The number of aromatic nitrogens is 2. The minimum atomic E-state index is -0.512. The molecular formula is C18H21FN4O2. The lowest BCUT2D eigenvalue weighted by atomic mass is 10.1. The van der Waals surface area contributed by atoms with Gasteiger partial charge in [0.1, 0.15) is 11.5 Å². The Kier molecular flexibility index (Phi) is 5.11. The first-order chi connectivity index (χ1) is 12.1. The Labute approximate surface area is 145 Å². The fraction of sp³-hybridized carbons (Fsp3) is 0.389. The van der Waals surface area contributed by atoms with Gasteiger partial charge in [-0.3, -0.25) is 9.59 Å². The van der Waals surface area contributed by atoms with Crippen LogP contribution in [-0.2, 0) is 13.0 Å². The van der Waals surface area contributed by atoms with Gasteiger partial charge in [0.05, 0.1) is 11.4 Å². The molecule has 7 heteroatoms. The summed E-state index contributed by atoms with van der Waals surface area (Å²) in [6.45, 7) is 3.15. The topological polar surface area (TPSA) is 76.0 Å². The lowest BCUT2D eigenvalue weighted by Gasteiger charge is -2.17. The minimum absolute atomic E-state index is 0.0950. The summed E-state index contributed by atoms with van der Waals surface area (Å²) in [6, 6.07) is 5.96. The number of fused-ring (bicyclic) bond motifs is 1. The number of hydrogen-bond acceptors (Lipinski definition) is 3. The van der Waals surface area contributed by atoms with Crippen molar-refractivity contribution in [3.8, 4) is 0 Å². The number of hydrogen-bond donors (Lipinski definition) is 2. The number of rotatable bonds is 5. The Morgan fingerprint density at radius 3 is 2.80 bits per heavy atom. The molecule has 1 aliphatic heterocycles. The maximum Gasteiger partial charge on any atom is 0.291 e. The van der Waals surface area contributed by atoms with Crippen LogP contribution in [-0.4, -0.2) is 27.9 Å². The first kappa shape index (κ1) is 17.1. The second-order valence-corrected chi connectivity index (χ2v) is 6.03. The van der Waals surface area contributed by atoms with Gasteiger partial charge in [0.15, 0.2) is 5.82 Å². The number of anilines is 1. The standard InChI is InChI=1S/C18H21FN4O2/c1-2-10-20-17(24)15-14-9-5-6-11-23(14)16(22-15)18(25)21-13-8-4-3-7-12(13)19/h3-4,7-8H,2,5-6,9-11H2,1H3,(H,20,24)(H,21,25). The van der Waals surface area contributed by atoms with Crippen LogP contribution in [0.2, 0.25) is 0 Å². The normalized spacial score (nSPS) is 13.2. The van der Waals surface area contributed by atoms with E-state index in [1.807, 2.05) is 6.92 Å². The largest absolute Gasteiger partial charge is 0.351 e. The predicted octanol–water partition coefficient (Wildman–Crippen LogP) is 2.75. The van der Waals surface area contributed by atoms with Crippen LogP contribution in [0.15, 0.2) is 24.3 Å². The second kappa shape index (κ2) is 7.46. The monoisotopic (exact) mass is 344 g/mol. The quantitative estimate of drug-likeness (QED) is 0.876. The van der Waals surface area contributed by atoms with Crippen molar-refractivity contribution in [2.24, 2.45) is 0 Å². The van der Waals surface area contributed by atoms with Gasteiger partial charge >= 0.3 is 0 Å². The number of nitrogens with one attached hydrogen (secondary N) is 2. The third kappa shape index (κ3) is 3.55. The van der Waals surface area contributed by atoms with Crippen molar-refractivity contribution in [1.82, 2.24) is 14.9 Å². The van der Waals surface area contributed by atoms with E-state index in [1.54, 1.807) is 16.7 Å². The number of carbonyl (C=O) groups excluding carboxylic acids is 2. The zero-order valence-corrected chi connectivity index (χ0v) is 14.1. The van der Waals surface area contributed by atoms with Gasteiger partial charge in [0.2, 0.25) is 0 Å². The van der Waals surface area contributed by atoms with Gasteiger partial charge in [0, 0.05) is 13.1 Å². The summed E-state index contributed by atoms with van der Waals surface area (Å²) in [7, 11) is 0. The van der Waals surface area contributed by atoms with Crippen LogP contribution in [0.5, 0.6) is 0 Å². The third-order valence-electron chi connectivity index (χ3n) is 4.19. The van der Waals surface area contributed by atoms with Gasteiger partial charge in [-0.15, -0.1) is 0 Å². The fourth-order valence-corrected chi connectivity index (χ4v) is 2.96. The molecular weight excluding hydrogens is 323 g/mol. The van der Waals surface area contributed by atoms with E-state index < -0.39 is 11.7 Å². The average Bonchev–Trinajstić information content (AvgIpc) is 3.01. The molecule has 0 unspecified atom stereocenters. The van der Waals surface area contributed by atoms with Crippen molar-refractivity contribution in [3.63, 3.8) is 0 Å². The maximum atomic E-state index is 13.8. The molecule has 3 rings (SSSR count). The van der Waals surface area contributed by atoms with Gasteiger partial charge in [-0.25, -0.2) is 9.37 Å². The summed E-state index contributed by atoms with van der Waals surface area (Å²) in [4.78, 5) is 29.2. The van der Waals surface area contributed by atoms with Gasteiger partial charge in [-0.05, 0) is 37.8 Å². The fourth-order valence-electron chi connectivity index (χ4n) is 2.96. The highest BCUT2D eigenvalue weighted by molar-refractivity contribution is 6.03. The molecule has 0 bridgehead atoms. The molecule has 0 fully saturated rings. The van der Waals surface area contributed by atoms with E-state index in [9.17, 15) is 14.0 Å². The summed E-state index contributed by atoms with van der Waals surface area (Å²) in [5, 5.41) is 5.35. The molecule has 1 aromatic heterocycles. The summed E-state index contributed by atoms with van der Waals surface area (Å²) < 4.78 is 15.5. The first-order valence-corrected chi connectivity index (χ1v) is 8.55. The van der Waals surface area contributed by atoms with Crippen LogP contribution in [0.1, 0.15) is 53.0 Å². The third-order valence-corrected chi connectivity index (χ3v) is 4.19. The van der Waals surface area contributed by atoms with Crippen molar-refractivity contribution in [3.05, 3.63) is 47.3 Å². The van der Waals surface area contributed by atoms with E-state index in [4.69, 9.17) is 0 Å². The summed E-state index contributed by atoms with van der Waals surface area (Å²) >= 11 is 0. The number of amides is 2. The maximum absolute atomic E-state index is 13.8. The molecule has 2 N–H and O–H groups in total. The van der Waals surface area contributed by atoms with Crippen molar-refractivity contribution >= 4 is 17.5 Å². The highest BCUT2D eigenvalue weighted by Crippen LogP contribution is 2.22. The summed E-state index contributed by atoms with van der Waals surface area (Å²) in [5.74, 6) is -1.14. The molecule has 0 aliphatic carbocycles. The van der Waals surface area contributed by atoms with Crippen LogP contribution < -0.4 is 10.6 Å². The number of benzene rings is 1. The van der Waals surface area contributed by atoms with E-state index in [0.717, 1.165) is 25.0 Å². The SMILES string of the molecule is CCCNC(=O)c1nc(C(=O)Nc2ccccc2F)n2c1CCCC2. The van der Waals surface area contributed by atoms with Crippen LogP contribution in [0.4, 0.5) is 10.1 Å². The lowest BCUT2D eigenvalue weighted by molar-refractivity contribution is 0.0947. The zero-order chi connectivity index (χ0) is 17.8. The molecule has 0 saturated heterocycles. The van der Waals surface area contributed by atoms with Gasteiger partial charge in [-0.1, -0.05) is 19.1 Å². The summed E-state index contributed by atoms with van der Waals surface area (Å²) in [5.41, 5.74) is 1.17. The molecule has 2 aromatic rings. The molecule has 25 heavy (non-hydrogen) atoms. The Bertz CT molecular complexity index is 800. The minimum Gasteiger partial charge on any atom is -0.351 e. The van der Waals surface area contributed by atoms with E-state index in [1.165, 1.54) is 12.1 Å². The molecule has 2 heterocycles. The van der Waals surface area contributed by atoms with Crippen molar-refractivity contribution in [1.29, 1.82) is 0 Å². The number of halogens is 1. The predicted molar refractivity (Wildman–Crippen MR) is 92.1 cm³/mol. The Hall–Kier alpha value is -2.70. The highest BCUT2D eigenvalue weighted by atomic mass is 19.1. The lowest BCUT2D eigenvalue weighted by Crippen LogP contribution is -2.26. The van der Waals surface area contributed by atoms with Crippen LogP contribution in [0.3, 0.4) is 0 Å². The van der Waals surface area contributed by atoms with Crippen LogP contribution in [0.25, 0.3) is 0 Å². The molecule has 6 nitrogen and oxygen atoms in total. The smallest absolute Gasteiger partial charge is 0.291 e. The van der Waals surface area contributed by atoms with E-state index >= 15 is 0 Å². The molecule has 1 aliphatic rings. The molecule has 1 aromatic carbocycles. The van der Waals surface area contributed by atoms with Crippen LogP contribution in [0, 0.1) is 5.82 Å². The second-order valence-electron chi connectivity index (χ2n) is 6.03. The molecule has 0 saturated carbocycles. The molecule has 132 valence electrons. The van der Waals surface area contributed by atoms with E-state index in [-0.39, 0.29) is 17.4 Å². The Morgan fingerprint density at radius 1 is 1.24 bits per heavy atom.